The molecule has 0 aliphatic carbocycles. The van der Waals surface area contributed by atoms with Crippen molar-refractivity contribution >= 4 is 9.04 Å². The van der Waals surface area contributed by atoms with Crippen molar-refractivity contribution in [1.82, 2.24) is 0 Å². The van der Waals surface area contributed by atoms with E-state index in [2.05, 4.69) is 0 Å². The molecule has 0 aromatic heterocycles. The average molecular weight is 174 g/mol. The van der Waals surface area contributed by atoms with E-state index in [1.807, 2.05) is 0 Å². The molecule has 0 saturated heterocycles. The summed E-state index contributed by atoms with van der Waals surface area (Å²) in [6.07, 6.45) is -5.67. The van der Waals surface area contributed by atoms with Gasteiger partial charge < -0.3 is 9.90 Å². The van der Waals surface area contributed by atoms with Crippen LogP contribution in [0.1, 0.15) is 6.42 Å². The van der Waals surface area contributed by atoms with E-state index in [4.69, 9.17) is 9.90 Å². The molecule has 0 fully saturated rings. The minimum absolute atomic E-state index is 1.25. The number of alkyl halides is 3. The van der Waals surface area contributed by atoms with Gasteiger partial charge in [0.25, 0.3) is 0 Å². The third kappa shape index (κ3) is 4.77. The lowest BCUT2D eigenvalue weighted by atomic mass is 10.4. The Morgan fingerprint density at radius 3 is 2.00 bits per heavy atom. The summed E-state index contributed by atoms with van der Waals surface area (Å²) in [5, 5.41) is 8.55. The first-order valence-corrected chi connectivity index (χ1v) is 5.09. The summed E-state index contributed by atoms with van der Waals surface area (Å²) in [4.78, 5) is 8.57. The molecule has 0 spiro atoms. The summed E-state index contributed by atoms with van der Waals surface area (Å²) < 4.78 is 34.3. The molecule has 2 unspecified atom stereocenters. The first kappa shape index (κ1) is 9.93. The Labute approximate surface area is 58.0 Å². The molecular weight excluding hydrogens is 165 g/mol. The summed E-state index contributed by atoms with van der Waals surface area (Å²) in [5.41, 5.74) is -1.57. The maximum Gasteiger partial charge on any atom is 0.391 e. The molecule has 0 amide bonds. The fraction of sp³-hybridized carbons (Fsp3) is 1.00. The van der Waals surface area contributed by atoms with Gasteiger partial charge in [-0.1, -0.05) is 0 Å². The number of hydrogen-bond acceptors (Lipinski definition) is 2. The van der Waals surface area contributed by atoms with Gasteiger partial charge in [0.05, 0.1) is 12.1 Å². The van der Waals surface area contributed by atoms with Crippen molar-refractivity contribution in [3.05, 3.63) is 0 Å². The van der Waals surface area contributed by atoms with Crippen molar-refractivity contribution in [1.29, 1.82) is 0 Å². The van der Waals surface area contributed by atoms with Crippen LogP contribution in [0.15, 0.2) is 0 Å². The normalized spacial score (nSPS) is 18.6. The van der Waals surface area contributed by atoms with Gasteiger partial charge in [-0.2, -0.15) is 13.2 Å². The van der Waals surface area contributed by atoms with E-state index < -0.39 is 27.4 Å². The molecular formula is C4H9F3O2Si. The SMILES string of the molecule is C[SiH](O)C(O)CC(F)(F)F. The maximum absolute atomic E-state index is 11.4. The molecule has 0 heterocycles. The Hall–Kier alpha value is -0.0731. The topological polar surface area (TPSA) is 40.5 Å². The van der Waals surface area contributed by atoms with Crippen LogP contribution in [0.5, 0.6) is 0 Å². The molecule has 0 saturated carbocycles. The average Bonchev–Trinajstić information content (AvgIpc) is 1.60. The van der Waals surface area contributed by atoms with Crippen molar-refractivity contribution in [2.45, 2.75) is 24.9 Å². The van der Waals surface area contributed by atoms with Crippen molar-refractivity contribution in [3.8, 4) is 0 Å². The lowest BCUT2D eigenvalue weighted by Gasteiger charge is -2.13. The molecule has 0 rings (SSSR count). The predicted octanol–water partition coefficient (Wildman–Crippen LogP) is 0.185. The lowest BCUT2D eigenvalue weighted by Crippen LogP contribution is -2.32. The Morgan fingerprint density at radius 1 is 1.50 bits per heavy atom. The van der Waals surface area contributed by atoms with E-state index in [1.165, 1.54) is 6.55 Å². The van der Waals surface area contributed by atoms with Crippen LogP contribution in [0.3, 0.4) is 0 Å². The van der Waals surface area contributed by atoms with Crippen molar-refractivity contribution in [3.63, 3.8) is 0 Å². The van der Waals surface area contributed by atoms with Crippen molar-refractivity contribution in [2.24, 2.45) is 0 Å². The molecule has 2 nitrogen and oxygen atoms in total. The van der Waals surface area contributed by atoms with Crippen LogP contribution in [0.2, 0.25) is 6.55 Å². The molecule has 10 heavy (non-hydrogen) atoms. The smallest absolute Gasteiger partial charge is 0.391 e. The van der Waals surface area contributed by atoms with Crippen LogP contribution in [0.25, 0.3) is 0 Å². The van der Waals surface area contributed by atoms with Gasteiger partial charge in [0, 0.05) is 0 Å². The van der Waals surface area contributed by atoms with Gasteiger partial charge in [-0.3, -0.25) is 0 Å². The lowest BCUT2D eigenvalue weighted by molar-refractivity contribution is -0.146. The highest BCUT2D eigenvalue weighted by Crippen LogP contribution is 2.21. The van der Waals surface area contributed by atoms with E-state index in [1.54, 1.807) is 0 Å². The molecule has 0 aliphatic rings. The molecule has 62 valence electrons. The summed E-state index contributed by atoms with van der Waals surface area (Å²) in [5.74, 6) is 0. The van der Waals surface area contributed by atoms with Crippen LogP contribution >= 0.6 is 0 Å². The van der Waals surface area contributed by atoms with E-state index in [0.717, 1.165) is 0 Å². The van der Waals surface area contributed by atoms with E-state index in [-0.39, 0.29) is 0 Å². The minimum Gasteiger partial charge on any atom is -0.432 e. The fourth-order valence-corrected chi connectivity index (χ4v) is 1.02. The maximum atomic E-state index is 11.4. The second kappa shape index (κ2) is 3.36. The molecule has 0 aromatic rings. The second-order valence-electron chi connectivity index (χ2n) is 2.13. The summed E-state index contributed by atoms with van der Waals surface area (Å²) >= 11 is 0. The van der Waals surface area contributed by atoms with Crippen LogP contribution < -0.4 is 0 Å². The zero-order valence-corrected chi connectivity index (χ0v) is 6.54. The Bertz CT molecular complexity index is 103. The zero-order chi connectivity index (χ0) is 8.36. The number of hydrogen-bond donors (Lipinski definition) is 2. The molecule has 2 atom stereocenters. The van der Waals surface area contributed by atoms with Gasteiger partial charge in [0.15, 0.2) is 9.04 Å². The van der Waals surface area contributed by atoms with Crippen LogP contribution in [0, 0.1) is 0 Å². The number of aliphatic hydroxyl groups excluding tert-OH is 1. The second-order valence-corrected chi connectivity index (χ2v) is 4.38. The summed E-state index contributed by atoms with van der Waals surface area (Å²) in [7, 11) is -2.53. The van der Waals surface area contributed by atoms with Crippen molar-refractivity contribution in [2.75, 3.05) is 0 Å². The Kier molecular flexibility index (Phi) is 3.33. The standard InChI is InChI=1S/C4H9F3O2Si/c1-10(9)3(8)2-4(5,6)7/h3,8-10H,2H2,1H3. The summed E-state index contributed by atoms with van der Waals surface area (Å²) in [6, 6.07) is 0. The van der Waals surface area contributed by atoms with E-state index in [9.17, 15) is 13.2 Å². The number of aliphatic hydroxyl groups is 1. The quantitative estimate of drug-likeness (QED) is 0.586. The Morgan fingerprint density at radius 2 is 1.90 bits per heavy atom. The predicted molar refractivity (Wildman–Crippen MR) is 31.9 cm³/mol. The Balaban J connectivity index is 3.68. The molecule has 0 bridgehead atoms. The fourth-order valence-electron chi connectivity index (χ4n) is 0.408. The molecule has 2 N–H and O–H groups in total. The monoisotopic (exact) mass is 174 g/mol. The largest absolute Gasteiger partial charge is 0.432 e. The van der Waals surface area contributed by atoms with Gasteiger partial charge in [-0.15, -0.1) is 0 Å². The van der Waals surface area contributed by atoms with Crippen LogP contribution in [-0.4, -0.2) is 30.8 Å². The van der Waals surface area contributed by atoms with E-state index in [0.29, 0.717) is 0 Å². The molecule has 0 aromatic carbocycles. The number of rotatable bonds is 2. The molecule has 0 aliphatic heterocycles. The highest BCUT2D eigenvalue weighted by Gasteiger charge is 2.33. The third-order valence-corrected chi connectivity index (χ3v) is 2.35. The van der Waals surface area contributed by atoms with E-state index >= 15 is 0 Å². The molecule has 6 heteroatoms. The minimum atomic E-state index is -4.37. The highest BCUT2D eigenvalue weighted by atomic mass is 28.3. The zero-order valence-electron chi connectivity index (χ0n) is 5.39. The van der Waals surface area contributed by atoms with Gasteiger partial charge in [0.1, 0.15) is 0 Å². The highest BCUT2D eigenvalue weighted by molar-refractivity contribution is 6.50. The van der Waals surface area contributed by atoms with Crippen molar-refractivity contribution < 1.29 is 23.1 Å². The summed E-state index contributed by atoms with van der Waals surface area (Å²) in [6.45, 7) is 1.25. The first-order chi connectivity index (χ1) is 4.33. The third-order valence-electron chi connectivity index (χ3n) is 0.997. The van der Waals surface area contributed by atoms with Gasteiger partial charge in [0.2, 0.25) is 0 Å². The first-order valence-electron chi connectivity index (χ1n) is 2.76. The van der Waals surface area contributed by atoms with Crippen LogP contribution in [0.4, 0.5) is 13.2 Å². The van der Waals surface area contributed by atoms with Gasteiger partial charge >= 0.3 is 6.18 Å². The van der Waals surface area contributed by atoms with Gasteiger partial charge in [-0.05, 0) is 6.55 Å². The van der Waals surface area contributed by atoms with Gasteiger partial charge in [-0.25, -0.2) is 0 Å². The number of halogens is 3. The molecule has 0 radical (unpaired) electrons. The van der Waals surface area contributed by atoms with Crippen LogP contribution in [-0.2, 0) is 0 Å².